The zero-order valence-electron chi connectivity index (χ0n) is 11.8. The lowest BCUT2D eigenvalue weighted by Crippen LogP contribution is -2.35. The summed E-state index contributed by atoms with van der Waals surface area (Å²) in [5.74, 6) is 0.251. The zero-order valence-corrected chi connectivity index (χ0v) is 12.7. The van der Waals surface area contributed by atoms with Crippen LogP contribution in [-0.4, -0.2) is 17.0 Å². The van der Waals surface area contributed by atoms with Crippen molar-refractivity contribution >= 4 is 24.3 Å². The molecule has 0 saturated heterocycles. The van der Waals surface area contributed by atoms with Crippen molar-refractivity contribution in [1.82, 2.24) is 5.06 Å². The molecule has 0 radical (unpaired) electrons. The molecule has 22 heavy (non-hydrogen) atoms. The normalized spacial score (nSPS) is 9.27. The van der Waals surface area contributed by atoms with Gasteiger partial charge in [0.1, 0.15) is 0 Å². The molecule has 0 unspecified atom stereocenters. The van der Waals surface area contributed by atoms with Gasteiger partial charge in [0.05, 0.1) is 6.54 Å². The summed E-state index contributed by atoms with van der Waals surface area (Å²) in [6.07, 6.45) is 0. The van der Waals surface area contributed by atoms with Gasteiger partial charge in [-0.25, -0.2) is 0 Å². The van der Waals surface area contributed by atoms with E-state index in [9.17, 15) is 0 Å². The Morgan fingerprint density at radius 2 is 1.55 bits per heavy atom. The van der Waals surface area contributed by atoms with E-state index in [0.717, 1.165) is 5.56 Å². The van der Waals surface area contributed by atoms with Gasteiger partial charge in [-0.2, -0.15) is 10.1 Å². The van der Waals surface area contributed by atoms with Gasteiger partial charge in [0.2, 0.25) is 0 Å². The second-order valence-corrected chi connectivity index (χ2v) is 4.29. The molecule has 2 aromatic carbocycles. The minimum absolute atomic E-state index is 0. The molecule has 5 N–H and O–H groups in total. The van der Waals surface area contributed by atoms with Crippen LogP contribution in [-0.2, 0) is 6.54 Å². The molecule has 0 fully saturated rings. The molecule has 0 amide bonds. The number of rotatable bonds is 4. The summed E-state index contributed by atoms with van der Waals surface area (Å²) >= 11 is 0. The van der Waals surface area contributed by atoms with Crippen LogP contribution >= 0.6 is 12.4 Å². The molecule has 0 heterocycles. The van der Waals surface area contributed by atoms with Crippen molar-refractivity contribution in [3.63, 3.8) is 0 Å². The number of nitrogens with two attached hydrogens (primary N) is 2. The third kappa shape index (κ3) is 5.34. The van der Waals surface area contributed by atoms with E-state index in [2.05, 4.69) is 4.99 Å². The maximum atomic E-state index is 7.93. The lowest BCUT2D eigenvalue weighted by molar-refractivity contribution is 0.00826. The number of hydrogen-bond acceptors (Lipinski definition) is 2. The highest BCUT2D eigenvalue weighted by molar-refractivity contribution is 5.91. The molecule has 7 heteroatoms. The number of para-hydroxylation sites is 1. The Labute approximate surface area is 135 Å². The maximum absolute atomic E-state index is 7.93. The van der Waals surface area contributed by atoms with Gasteiger partial charge in [-0.15, -0.1) is 12.4 Å². The number of hydrogen-bond donors (Lipinski definition) is 3. The summed E-state index contributed by atoms with van der Waals surface area (Å²) in [4.78, 5) is 9.40. The van der Waals surface area contributed by atoms with Crippen molar-refractivity contribution in [2.75, 3.05) is 0 Å². The molecule has 0 atom stereocenters. The molecular formula is C15H18ClN5O. The molecule has 6 nitrogen and oxygen atoms in total. The Morgan fingerprint density at radius 3 is 2.09 bits per heavy atom. The fraction of sp³-hybridized carbons (Fsp3) is 0.0667. The van der Waals surface area contributed by atoms with E-state index in [1.54, 1.807) is 12.1 Å². The highest BCUT2D eigenvalue weighted by Crippen LogP contribution is 2.13. The van der Waals surface area contributed by atoms with E-state index < -0.39 is 0 Å². The monoisotopic (exact) mass is 319 g/mol. The Kier molecular flexibility index (Phi) is 6.72. The third-order valence-corrected chi connectivity index (χ3v) is 2.60. The molecule has 0 aromatic heterocycles. The first kappa shape index (κ1) is 17.3. The smallest absolute Gasteiger partial charge is 0.255 e. The Balaban J connectivity index is 0.00000242. The van der Waals surface area contributed by atoms with Crippen LogP contribution in [0.4, 0.5) is 0 Å². The summed E-state index contributed by atoms with van der Waals surface area (Å²) in [5, 5.41) is 9.25. The van der Waals surface area contributed by atoms with Crippen LogP contribution in [0.5, 0.6) is 5.75 Å². The first-order valence-corrected chi connectivity index (χ1v) is 6.38. The summed E-state index contributed by atoms with van der Waals surface area (Å²) < 4.78 is 0. The third-order valence-electron chi connectivity index (χ3n) is 2.60. The summed E-state index contributed by atoms with van der Waals surface area (Å²) in [6.45, 7) is 0.353. The molecule has 0 saturated carbocycles. The predicted molar refractivity (Wildman–Crippen MR) is 89.8 cm³/mol. The minimum atomic E-state index is -0.185. The van der Waals surface area contributed by atoms with Gasteiger partial charge >= 0.3 is 0 Å². The largest absolute Gasteiger partial charge is 0.376 e. The number of hydroxylamine groups is 2. The topological polar surface area (TPSA) is 101 Å². The number of aliphatic imine (C=N–C) groups is 1. The zero-order chi connectivity index (χ0) is 15.1. The quantitative estimate of drug-likeness (QED) is 0.456. The van der Waals surface area contributed by atoms with Crippen molar-refractivity contribution < 1.29 is 4.84 Å². The van der Waals surface area contributed by atoms with Gasteiger partial charge in [-0.1, -0.05) is 48.5 Å². The average Bonchev–Trinajstić information content (AvgIpc) is 2.48. The van der Waals surface area contributed by atoms with E-state index in [0.29, 0.717) is 12.3 Å². The van der Waals surface area contributed by atoms with Crippen LogP contribution in [0.3, 0.4) is 0 Å². The first-order chi connectivity index (χ1) is 10.1. The molecule has 0 aliphatic rings. The van der Waals surface area contributed by atoms with Crippen LogP contribution in [0.25, 0.3) is 0 Å². The number of guanidine groups is 2. The summed E-state index contributed by atoms with van der Waals surface area (Å²) in [6, 6.07) is 18.8. The van der Waals surface area contributed by atoms with E-state index in [-0.39, 0.29) is 24.3 Å². The fourth-order valence-electron chi connectivity index (χ4n) is 1.69. The fourth-order valence-corrected chi connectivity index (χ4v) is 1.69. The standard InChI is InChI=1S/C15H17N5O.ClH/c16-14(17)19-15(18)20(11-12-7-3-1-4-8-12)21-13-9-5-2-6-10-13;/h1-10H,11H2,(H5,16,17,18,19);1H. The Bertz CT molecular complexity index is 573. The number of nitrogens with one attached hydrogen (secondary N) is 1. The van der Waals surface area contributed by atoms with Crippen LogP contribution in [0, 0.1) is 5.41 Å². The highest BCUT2D eigenvalue weighted by Gasteiger charge is 2.12. The average molecular weight is 320 g/mol. The summed E-state index contributed by atoms with van der Waals surface area (Å²) in [5.41, 5.74) is 11.6. The summed E-state index contributed by atoms with van der Waals surface area (Å²) in [7, 11) is 0. The van der Waals surface area contributed by atoms with Crippen LogP contribution in [0.15, 0.2) is 65.7 Å². The highest BCUT2D eigenvalue weighted by atomic mass is 35.5. The minimum Gasteiger partial charge on any atom is -0.376 e. The molecule has 0 aliphatic carbocycles. The molecule has 116 valence electrons. The van der Waals surface area contributed by atoms with Gasteiger partial charge < -0.3 is 16.3 Å². The van der Waals surface area contributed by atoms with Crippen molar-refractivity contribution in [2.24, 2.45) is 16.5 Å². The molecular weight excluding hydrogens is 302 g/mol. The molecule has 0 spiro atoms. The van der Waals surface area contributed by atoms with Crippen molar-refractivity contribution in [3.05, 3.63) is 66.2 Å². The Morgan fingerprint density at radius 1 is 1.00 bits per heavy atom. The van der Waals surface area contributed by atoms with Gasteiger partial charge in [0, 0.05) is 0 Å². The lowest BCUT2D eigenvalue weighted by Gasteiger charge is -2.22. The van der Waals surface area contributed by atoms with Gasteiger partial charge in [0.25, 0.3) is 5.96 Å². The number of nitrogens with zero attached hydrogens (tertiary/aromatic N) is 2. The SMILES string of the molecule is Cl.N=C(N=C(N)N)N(Cc1ccccc1)Oc1ccccc1. The Hall–Kier alpha value is -2.73. The number of benzene rings is 2. The molecule has 0 bridgehead atoms. The van der Waals surface area contributed by atoms with Crippen LogP contribution in [0.1, 0.15) is 5.56 Å². The first-order valence-electron chi connectivity index (χ1n) is 6.38. The lowest BCUT2D eigenvalue weighted by atomic mass is 10.2. The van der Waals surface area contributed by atoms with Crippen molar-refractivity contribution in [1.29, 1.82) is 5.41 Å². The van der Waals surface area contributed by atoms with Crippen molar-refractivity contribution in [2.45, 2.75) is 6.54 Å². The molecule has 0 aliphatic heterocycles. The van der Waals surface area contributed by atoms with Gasteiger partial charge in [-0.3, -0.25) is 5.41 Å². The van der Waals surface area contributed by atoms with E-state index >= 15 is 0 Å². The van der Waals surface area contributed by atoms with Crippen molar-refractivity contribution in [3.8, 4) is 5.75 Å². The van der Waals surface area contributed by atoms with E-state index in [4.69, 9.17) is 21.7 Å². The predicted octanol–water partition coefficient (Wildman–Crippen LogP) is 2.11. The van der Waals surface area contributed by atoms with Crippen LogP contribution in [0.2, 0.25) is 0 Å². The molecule has 2 rings (SSSR count). The van der Waals surface area contributed by atoms with Gasteiger partial charge in [-0.05, 0) is 17.7 Å². The maximum Gasteiger partial charge on any atom is 0.255 e. The molecule has 2 aromatic rings. The van der Waals surface area contributed by atoms with Gasteiger partial charge in [0.15, 0.2) is 11.7 Å². The second-order valence-electron chi connectivity index (χ2n) is 4.29. The van der Waals surface area contributed by atoms with E-state index in [1.807, 2.05) is 48.5 Å². The number of halogens is 1. The van der Waals surface area contributed by atoms with Crippen LogP contribution < -0.4 is 16.3 Å². The van der Waals surface area contributed by atoms with E-state index in [1.165, 1.54) is 5.06 Å². The second kappa shape index (κ2) is 8.53.